The van der Waals surface area contributed by atoms with Crippen LogP contribution in [0.2, 0.25) is 0 Å². The molecule has 0 aliphatic carbocycles. The van der Waals surface area contributed by atoms with E-state index in [0.29, 0.717) is 35.7 Å². The second-order valence-corrected chi connectivity index (χ2v) is 6.95. The zero-order valence-corrected chi connectivity index (χ0v) is 17.9. The molecule has 0 spiro atoms. The molecule has 0 unspecified atom stereocenters. The van der Waals surface area contributed by atoms with Gasteiger partial charge in [-0.25, -0.2) is 4.79 Å². The Morgan fingerprint density at radius 2 is 1.58 bits per heavy atom. The third kappa shape index (κ3) is 7.75. The van der Waals surface area contributed by atoms with Gasteiger partial charge in [0.15, 0.2) is 11.5 Å². The molecular formula is C25H23F3O5. The molecule has 0 amide bonds. The number of ether oxygens (including phenoxy) is 4. The molecule has 3 rings (SSSR count). The molecule has 0 N–H and O–H groups in total. The van der Waals surface area contributed by atoms with Gasteiger partial charge < -0.3 is 18.9 Å². The van der Waals surface area contributed by atoms with Gasteiger partial charge in [0, 0.05) is 6.42 Å². The molecule has 0 saturated heterocycles. The summed E-state index contributed by atoms with van der Waals surface area (Å²) in [7, 11) is 0. The average molecular weight is 460 g/mol. The number of alkyl halides is 3. The minimum absolute atomic E-state index is 0.0834. The number of esters is 1. The summed E-state index contributed by atoms with van der Waals surface area (Å²) in [6.45, 7) is 2.41. The predicted molar refractivity (Wildman–Crippen MR) is 115 cm³/mol. The smallest absolute Gasteiger partial charge is 0.489 e. The quantitative estimate of drug-likeness (QED) is 0.349. The SMILES string of the molecule is CCOC(=O)c1ccc(OCc2ccc(OC(F)(F)F)cc2)c(OCCc2ccccc2)c1. The first kappa shape index (κ1) is 24.0. The molecule has 3 aromatic rings. The van der Waals surface area contributed by atoms with Gasteiger partial charge in [0.25, 0.3) is 0 Å². The summed E-state index contributed by atoms with van der Waals surface area (Å²) < 4.78 is 57.6. The fourth-order valence-electron chi connectivity index (χ4n) is 2.95. The van der Waals surface area contributed by atoms with Crippen LogP contribution in [0.15, 0.2) is 72.8 Å². The van der Waals surface area contributed by atoms with Crippen molar-refractivity contribution in [3.8, 4) is 17.2 Å². The molecule has 8 heteroatoms. The Morgan fingerprint density at radius 1 is 0.848 bits per heavy atom. The zero-order valence-electron chi connectivity index (χ0n) is 17.9. The van der Waals surface area contributed by atoms with Crippen LogP contribution in [0.4, 0.5) is 13.2 Å². The van der Waals surface area contributed by atoms with E-state index in [1.54, 1.807) is 25.1 Å². The molecule has 5 nitrogen and oxygen atoms in total. The average Bonchev–Trinajstić information content (AvgIpc) is 2.79. The lowest BCUT2D eigenvalue weighted by molar-refractivity contribution is -0.274. The number of rotatable bonds is 10. The van der Waals surface area contributed by atoms with E-state index in [1.165, 1.54) is 24.3 Å². The van der Waals surface area contributed by atoms with Crippen LogP contribution < -0.4 is 14.2 Å². The molecule has 174 valence electrons. The van der Waals surface area contributed by atoms with E-state index in [1.807, 2.05) is 30.3 Å². The molecule has 0 heterocycles. The number of halogens is 3. The summed E-state index contributed by atoms with van der Waals surface area (Å²) in [5.74, 6) is -0.0209. The minimum Gasteiger partial charge on any atom is -0.489 e. The summed E-state index contributed by atoms with van der Waals surface area (Å²) in [6, 6.07) is 19.9. The molecule has 0 atom stereocenters. The van der Waals surface area contributed by atoms with Crippen LogP contribution in [0.25, 0.3) is 0 Å². The van der Waals surface area contributed by atoms with Gasteiger partial charge in [0.1, 0.15) is 12.4 Å². The van der Waals surface area contributed by atoms with Crippen molar-refractivity contribution in [3.63, 3.8) is 0 Å². The third-order valence-electron chi connectivity index (χ3n) is 4.50. The second-order valence-electron chi connectivity index (χ2n) is 6.95. The molecule has 0 radical (unpaired) electrons. The van der Waals surface area contributed by atoms with E-state index in [0.717, 1.165) is 5.56 Å². The van der Waals surface area contributed by atoms with E-state index in [2.05, 4.69) is 4.74 Å². The highest BCUT2D eigenvalue weighted by atomic mass is 19.4. The minimum atomic E-state index is -4.75. The lowest BCUT2D eigenvalue weighted by atomic mass is 10.1. The van der Waals surface area contributed by atoms with E-state index in [9.17, 15) is 18.0 Å². The molecule has 0 saturated carbocycles. The maximum absolute atomic E-state index is 12.3. The number of carbonyl (C=O) groups excluding carboxylic acids is 1. The van der Waals surface area contributed by atoms with E-state index in [-0.39, 0.29) is 19.0 Å². The highest BCUT2D eigenvalue weighted by Crippen LogP contribution is 2.30. The Balaban J connectivity index is 1.69. The molecule has 3 aromatic carbocycles. The standard InChI is InChI=1S/C25H23F3O5/c1-2-30-24(29)20-10-13-22(23(16-20)31-15-14-18-6-4-3-5-7-18)32-17-19-8-11-21(12-9-19)33-25(26,27)28/h3-13,16H,2,14-15,17H2,1H3. The van der Waals surface area contributed by atoms with Crippen molar-refractivity contribution in [1.82, 2.24) is 0 Å². The summed E-state index contributed by atoms with van der Waals surface area (Å²) in [5.41, 5.74) is 2.06. The van der Waals surface area contributed by atoms with Crippen molar-refractivity contribution in [3.05, 3.63) is 89.5 Å². The van der Waals surface area contributed by atoms with Crippen LogP contribution in [-0.4, -0.2) is 25.5 Å². The molecular weight excluding hydrogens is 437 g/mol. The largest absolute Gasteiger partial charge is 0.573 e. The van der Waals surface area contributed by atoms with Gasteiger partial charge in [-0.1, -0.05) is 42.5 Å². The summed E-state index contributed by atoms with van der Waals surface area (Å²) in [6.07, 6.45) is -4.09. The van der Waals surface area contributed by atoms with E-state index < -0.39 is 12.3 Å². The van der Waals surface area contributed by atoms with Gasteiger partial charge in [-0.15, -0.1) is 13.2 Å². The van der Waals surface area contributed by atoms with Crippen LogP contribution >= 0.6 is 0 Å². The van der Waals surface area contributed by atoms with E-state index in [4.69, 9.17) is 14.2 Å². The van der Waals surface area contributed by atoms with Crippen LogP contribution in [0, 0.1) is 0 Å². The Kier molecular flexibility index (Phi) is 8.18. The molecule has 0 fully saturated rings. The first-order valence-corrected chi connectivity index (χ1v) is 10.3. The number of carbonyl (C=O) groups is 1. The van der Waals surface area contributed by atoms with Crippen molar-refractivity contribution < 1.29 is 36.9 Å². The summed E-state index contributed by atoms with van der Waals surface area (Å²) in [4.78, 5) is 12.1. The lowest BCUT2D eigenvalue weighted by Gasteiger charge is -2.15. The highest BCUT2D eigenvalue weighted by Gasteiger charge is 2.30. The van der Waals surface area contributed by atoms with E-state index >= 15 is 0 Å². The van der Waals surface area contributed by atoms with Gasteiger partial charge in [-0.2, -0.15) is 0 Å². The van der Waals surface area contributed by atoms with Crippen molar-refractivity contribution in [1.29, 1.82) is 0 Å². The number of hydrogen-bond donors (Lipinski definition) is 0. The third-order valence-corrected chi connectivity index (χ3v) is 4.50. The maximum Gasteiger partial charge on any atom is 0.573 e. The maximum atomic E-state index is 12.3. The Hall–Kier alpha value is -3.68. The van der Waals surface area contributed by atoms with Gasteiger partial charge in [-0.3, -0.25) is 0 Å². The number of hydrogen-bond acceptors (Lipinski definition) is 5. The molecule has 0 aliphatic rings. The number of benzene rings is 3. The first-order chi connectivity index (χ1) is 15.8. The van der Waals surface area contributed by atoms with Gasteiger partial charge >= 0.3 is 12.3 Å². The van der Waals surface area contributed by atoms with Crippen LogP contribution in [0.1, 0.15) is 28.4 Å². The van der Waals surface area contributed by atoms with Crippen LogP contribution in [0.5, 0.6) is 17.2 Å². The Labute approximate surface area is 189 Å². The van der Waals surface area contributed by atoms with Gasteiger partial charge in [-0.05, 0) is 48.4 Å². The lowest BCUT2D eigenvalue weighted by Crippen LogP contribution is -2.17. The van der Waals surface area contributed by atoms with Crippen molar-refractivity contribution in [2.45, 2.75) is 26.3 Å². The first-order valence-electron chi connectivity index (χ1n) is 10.3. The fraction of sp³-hybridized carbons (Fsp3) is 0.240. The van der Waals surface area contributed by atoms with Gasteiger partial charge in [0.2, 0.25) is 0 Å². The molecule has 33 heavy (non-hydrogen) atoms. The molecule has 0 aliphatic heterocycles. The van der Waals surface area contributed by atoms with Crippen LogP contribution in [-0.2, 0) is 17.8 Å². The second kappa shape index (κ2) is 11.3. The Bertz CT molecular complexity index is 1030. The van der Waals surface area contributed by atoms with Crippen molar-refractivity contribution in [2.75, 3.05) is 13.2 Å². The molecule has 0 aromatic heterocycles. The summed E-state index contributed by atoms with van der Waals surface area (Å²) >= 11 is 0. The predicted octanol–water partition coefficient (Wildman–Crippen LogP) is 5.96. The zero-order chi connectivity index (χ0) is 23.7. The monoisotopic (exact) mass is 460 g/mol. The topological polar surface area (TPSA) is 54.0 Å². The Morgan fingerprint density at radius 3 is 2.24 bits per heavy atom. The van der Waals surface area contributed by atoms with Gasteiger partial charge in [0.05, 0.1) is 18.8 Å². The molecule has 0 bridgehead atoms. The van der Waals surface area contributed by atoms with Crippen molar-refractivity contribution >= 4 is 5.97 Å². The highest BCUT2D eigenvalue weighted by molar-refractivity contribution is 5.90. The summed E-state index contributed by atoms with van der Waals surface area (Å²) in [5, 5.41) is 0. The van der Waals surface area contributed by atoms with Crippen molar-refractivity contribution in [2.24, 2.45) is 0 Å². The van der Waals surface area contributed by atoms with Crippen LogP contribution in [0.3, 0.4) is 0 Å². The fourth-order valence-corrected chi connectivity index (χ4v) is 2.95. The normalized spacial score (nSPS) is 11.0.